The summed E-state index contributed by atoms with van der Waals surface area (Å²) in [6.07, 6.45) is 0.969. The molecular formula is C20H18N4O4S2. The summed E-state index contributed by atoms with van der Waals surface area (Å²) < 4.78 is 52.3. The number of hydrogen-bond acceptors (Lipinski definition) is 6. The number of nitrogens with two attached hydrogens (primary N) is 1. The van der Waals surface area contributed by atoms with E-state index in [1.807, 2.05) is 6.07 Å². The average Bonchev–Trinajstić information content (AvgIpc) is 3.10. The fraction of sp³-hybridized carbons (Fsp3) is 0.0500. The lowest BCUT2D eigenvalue weighted by atomic mass is 10.1. The summed E-state index contributed by atoms with van der Waals surface area (Å²) in [7, 11) is -7.87. The van der Waals surface area contributed by atoms with E-state index < -0.39 is 19.9 Å². The highest BCUT2D eigenvalue weighted by atomic mass is 32.2. The van der Waals surface area contributed by atoms with Crippen LogP contribution in [-0.4, -0.2) is 33.3 Å². The number of sulfone groups is 1. The third-order valence-electron chi connectivity index (χ3n) is 4.51. The minimum absolute atomic E-state index is 0.262. The highest BCUT2D eigenvalue weighted by Crippen LogP contribution is 2.30. The Morgan fingerprint density at radius 2 is 1.63 bits per heavy atom. The molecule has 3 aromatic carbocycles. The van der Waals surface area contributed by atoms with Gasteiger partial charge in [-0.1, -0.05) is 24.3 Å². The predicted molar refractivity (Wildman–Crippen MR) is 116 cm³/mol. The van der Waals surface area contributed by atoms with E-state index in [2.05, 4.69) is 14.9 Å². The van der Waals surface area contributed by atoms with Gasteiger partial charge in [-0.25, -0.2) is 16.8 Å². The van der Waals surface area contributed by atoms with Crippen molar-refractivity contribution in [3.05, 3.63) is 66.7 Å². The second-order valence-corrected chi connectivity index (χ2v) is 10.4. The largest absolute Gasteiger partial charge is 0.399 e. The minimum atomic E-state index is -4.14. The molecule has 1 aromatic heterocycles. The number of nitrogens with one attached hydrogen (secondary N) is 2. The summed E-state index contributed by atoms with van der Waals surface area (Å²) in [5.41, 5.74) is 8.83. The maximum absolute atomic E-state index is 12.9. The van der Waals surface area contributed by atoms with Crippen molar-refractivity contribution in [2.45, 2.75) is 9.79 Å². The molecule has 0 bridgehead atoms. The van der Waals surface area contributed by atoms with Gasteiger partial charge in [-0.2, -0.15) is 5.10 Å². The SMILES string of the molecule is CS(=O)(=O)c1ccccc1S(=O)(=O)Nc1ccc2[nH]nc(-c3cccc(N)c3)c2c1. The quantitative estimate of drug-likeness (QED) is 0.407. The van der Waals surface area contributed by atoms with Crippen LogP contribution in [0.1, 0.15) is 0 Å². The summed E-state index contributed by atoms with van der Waals surface area (Å²) in [6, 6.07) is 17.6. The van der Waals surface area contributed by atoms with Crippen molar-refractivity contribution in [3.8, 4) is 11.3 Å². The van der Waals surface area contributed by atoms with Crippen LogP contribution in [0.3, 0.4) is 0 Å². The lowest BCUT2D eigenvalue weighted by Gasteiger charge is -2.11. The zero-order valence-electron chi connectivity index (χ0n) is 15.8. The highest BCUT2D eigenvalue weighted by Gasteiger charge is 2.24. The second kappa shape index (κ2) is 7.15. The molecule has 0 unspecified atom stereocenters. The van der Waals surface area contributed by atoms with E-state index in [4.69, 9.17) is 5.73 Å². The van der Waals surface area contributed by atoms with Crippen molar-refractivity contribution in [2.75, 3.05) is 16.7 Å². The molecule has 4 aromatic rings. The molecule has 0 spiro atoms. The van der Waals surface area contributed by atoms with E-state index >= 15 is 0 Å². The molecule has 0 saturated carbocycles. The van der Waals surface area contributed by atoms with Gasteiger partial charge in [0.05, 0.1) is 10.4 Å². The first-order valence-corrected chi connectivity index (χ1v) is 12.2. The van der Waals surface area contributed by atoms with Crippen molar-refractivity contribution >= 4 is 42.1 Å². The lowest BCUT2D eigenvalue weighted by Crippen LogP contribution is -2.16. The summed E-state index contributed by atoms with van der Waals surface area (Å²) in [6.45, 7) is 0. The van der Waals surface area contributed by atoms with Gasteiger partial charge in [0.2, 0.25) is 0 Å². The first-order chi connectivity index (χ1) is 14.1. The molecule has 0 atom stereocenters. The van der Waals surface area contributed by atoms with Gasteiger partial charge in [-0.05, 0) is 42.5 Å². The van der Waals surface area contributed by atoms with E-state index in [1.54, 1.807) is 36.4 Å². The molecule has 0 aliphatic rings. The molecule has 30 heavy (non-hydrogen) atoms. The zero-order valence-corrected chi connectivity index (χ0v) is 17.5. The van der Waals surface area contributed by atoms with E-state index in [0.29, 0.717) is 22.3 Å². The summed E-state index contributed by atoms with van der Waals surface area (Å²) >= 11 is 0. The van der Waals surface area contributed by atoms with Crippen molar-refractivity contribution in [3.63, 3.8) is 0 Å². The Labute approximate surface area is 173 Å². The van der Waals surface area contributed by atoms with E-state index in [-0.39, 0.29) is 15.5 Å². The van der Waals surface area contributed by atoms with Crippen molar-refractivity contribution in [1.29, 1.82) is 0 Å². The molecule has 4 rings (SSSR count). The van der Waals surface area contributed by atoms with E-state index in [9.17, 15) is 16.8 Å². The number of aromatic nitrogens is 2. The standard InChI is InChI=1S/C20H18N4O4S2/c1-29(25,26)18-7-2-3-8-19(18)30(27,28)24-15-9-10-17-16(12-15)20(23-22-17)13-5-4-6-14(21)11-13/h2-12,24H,21H2,1H3,(H,22,23). The Kier molecular flexibility index (Phi) is 4.75. The maximum Gasteiger partial charge on any atom is 0.263 e. The fourth-order valence-corrected chi connectivity index (χ4v) is 5.85. The molecule has 1 heterocycles. The van der Waals surface area contributed by atoms with Gasteiger partial charge in [-0.15, -0.1) is 0 Å². The van der Waals surface area contributed by atoms with Gasteiger partial charge in [0.25, 0.3) is 10.0 Å². The van der Waals surface area contributed by atoms with E-state index in [1.165, 1.54) is 24.3 Å². The van der Waals surface area contributed by atoms with Crippen LogP contribution in [-0.2, 0) is 19.9 Å². The zero-order chi connectivity index (χ0) is 21.5. The number of fused-ring (bicyclic) bond motifs is 1. The van der Waals surface area contributed by atoms with Gasteiger partial charge < -0.3 is 5.73 Å². The molecule has 154 valence electrons. The average molecular weight is 443 g/mol. The Balaban J connectivity index is 1.78. The Morgan fingerprint density at radius 1 is 0.900 bits per heavy atom. The molecule has 0 saturated heterocycles. The van der Waals surface area contributed by atoms with Crippen LogP contribution in [0, 0.1) is 0 Å². The van der Waals surface area contributed by atoms with Gasteiger partial charge in [0.1, 0.15) is 10.6 Å². The predicted octanol–water partition coefficient (Wildman–Crippen LogP) is 3.02. The number of nitrogens with zero attached hydrogens (tertiary/aromatic N) is 1. The second-order valence-electron chi connectivity index (χ2n) is 6.78. The van der Waals surface area contributed by atoms with Crippen LogP contribution in [0.4, 0.5) is 11.4 Å². The third-order valence-corrected chi connectivity index (χ3v) is 7.24. The molecule has 0 aliphatic carbocycles. The van der Waals surface area contributed by atoms with Crippen LogP contribution >= 0.6 is 0 Å². The van der Waals surface area contributed by atoms with Gasteiger partial charge in [-0.3, -0.25) is 9.82 Å². The topological polar surface area (TPSA) is 135 Å². The third kappa shape index (κ3) is 3.74. The molecular weight excluding hydrogens is 424 g/mol. The summed E-state index contributed by atoms with van der Waals surface area (Å²) in [5.74, 6) is 0. The molecule has 0 aliphatic heterocycles. The number of rotatable bonds is 5. The number of H-pyrrole nitrogens is 1. The molecule has 0 amide bonds. The minimum Gasteiger partial charge on any atom is -0.399 e. The highest BCUT2D eigenvalue weighted by molar-refractivity contribution is 7.95. The van der Waals surface area contributed by atoms with Gasteiger partial charge in [0.15, 0.2) is 9.84 Å². The Morgan fingerprint density at radius 3 is 2.33 bits per heavy atom. The van der Waals surface area contributed by atoms with Crippen molar-refractivity contribution in [2.24, 2.45) is 0 Å². The van der Waals surface area contributed by atoms with Crippen LogP contribution in [0.15, 0.2) is 76.5 Å². The smallest absolute Gasteiger partial charge is 0.263 e. The fourth-order valence-electron chi connectivity index (χ4n) is 3.17. The number of benzene rings is 3. The Hall–Kier alpha value is -3.37. The molecule has 4 N–H and O–H groups in total. The van der Waals surface area contributed by atoms with Gasteiger partial charge in [0, 0.05) is 28.6 Å². The monoisotopic (exact) mass is 442 g/mol. The van der Waals surface area contributed by atoms with Crippen molar-refractivity contribution in [1.82, 2.24) is 10.2 Å². The normalized spacial score (nSPS) is 12.2. The first kappa shape index (κ1) is 19.9. The summed E-state index contributed by atoms with van der Waals surface area (Å²) in [4.78, 5) is -0.571. The number of hydrogen-bond donors (Lipinski definition) is 3. The first-order valence-electron chi connectivity index (χ1n) is 8.81. The number of anilines is 2. The van der Waals surface area contributed by atoms with Crippen LogP contribution in [0.5, 0.6) is 0 Å². The number of nitrogen functional groups attached to an aromatic ring is 1. The van der Waals surface area contributed by atoms with E-state index in [0.717, 1.165) is 11.8 Å². The molecule has 0 radical (unpaired) electrons. The molecule has 10 heteroatoms. The molecule has 8 nitrogen and oxygen atoms in total. The van der Waals surface area contributed by atoms with Crippen LogP contribution < -0.4 is 10.5 Å². The van der Waals surface area contributed by atoms with Gasteiger partial charge >= 0.3 is 0 Å². The van der Waals surface area contributed by atoms with Crippen LogP contribution in [0.25, 0.3) is 22.2 Å². The van der Waals surface area contributed by atoms with Crippen molar-refractivity contribution < 1.29 is 16.8 Å². The Bertz CT molecular complexity index is 1480. The lowest BCUT2D eigenvalue weighted by molar-refractivity contribution is 0.588. The molecule has 0 fully saturated rings. The number of sulfonamides is 1. The number of aromatic amines is 1. The maximum atomic E-state index is 12.9. The van der Waals surface area contributed by atoms with Crippen LogP contribution in [0.2, 0.25) is 0 Å². The summed E-state index contributed by atoms with van der Waals surface area (Å²) in [5, 5.41) is 7.91.